The van der Waals surface area contributed by atoms with Crippen LogP contribution in [0.1, 0.15) is 12.5 Å². The molecule has 0 radical (unpaired) electrons. The van der Waals surface area contributed by atoms with Crippen molar-refractivity contribution >= 4 is 23.8 Å². The number of ether oxygens (including phenoxy) is 1. The Balaban J connectivity index is 2.78. The molecule has 1 rings (SSSR count). The molecule has 0 saturated heterocycles. The summed E-state index contributed by atoms with van der Waals surface area (Å²) in [6.07, 6.45) is 4.51. The first-order chi connectivity index (χ1) is 7.67. The van der Waals surface area contributed by atoms with Crippen molar-refractivity contribution in [1.29, 1.82) is 0 Å². The fraction of sp³-hybridized carbons (Fsp3) is 0.250. The van der Waals surface area contributed by atoms with Gasteiger partial charge in [0.15, 0.2) is 0 Å². The molecule has 0 N–H and O–H groups in total. The number of hydrogen-bond acceptors (Lipinski definition) is 3. The van der Waals surface area contributed by atoms with E-state index < -0.39 is 5.97 Å². The van der Waals surface area contributed by atoms with Crippen LogP contribution in [0.3, 0.4) is 0 Å². The van der Waals surface area contributed by atoms with Gasteiger partial charge >= 0.3 is 5.97 Å². The zero-order valence-electron chi connectivity index (χ0n) is 9.20. The topological polar surface area (TPSA) is 26.3 Å². The molecule has 1 aromatic rings. The summed E-state index contributed by atoms with van der Waals surface area (Å²) in [5.74, 6) is -0.803. The summed E-state index contributed by atoms with van der Waals surface area (Å²) < 4.78 is 18.2. The SMILES string of the molecule is CCOC(=O)/C=C/c1ccc(SC)cc1F. The fourth-order valence-electron chi connectivity index (χ4n) is 1.12. The molecule has 16 heavy (non-hydrogen) atoms. The van der Waals surface area contributed by atoms with Gasteiger partial charge in [-0.1, -0.05) is 6.07 Å². The second-order valence-corrected chi connectivity index (χ2v) is 3.85. The minimum atomic E-state index is -0.462. The molecule has 0 spiro atoms. The quantitative estimate of drug-likeness (QED) is 0.459. The lowest BCUT2D eigenvalue weighted by atomic mass is 10.2. The van der Waals surface area contributed by atoms with Crippen LogP contribution in [-0.4, -0.2) is 18.8 Å². The van der Waals surface area contributed by atoms with E-state index in [4.69, 9.17) is 4.74 Å². The average Bonchev–Trinajstić information content (AvgIpc) is 2.27. The lowest BCUT2D eigenvalue weighted by molar-refractivity contribution is -0.137. The normalized spacial score (nSPS) is 10.7. The van der Waals surface area contributed by atoms with E-state index in [-0.39, 0.29) is 5.82 Å². The fourth-order valence-corrected chi connectivity index (χ4v) is 1.54. The number of hydrogen-bond donors (Lipinski definition) is 0. The standard InChI is InChI=1S/C12H13FO2S/c1-3-15-12(14)7-5-9-4-6-10(16-2)8-11(9)13/h4-8H,3H2,1-2H3/b7-5+. The summed E-state index contributed by atoms with van der Waals surface area (Å²) in [7, 11) is 0. The maximum Gasteiger partial charge on any atom is 0.330 e. The zero-order chi connectivity index (χ0) is 12.0. The molecule has 0 bridgehead atoms. The van der Waals surface area contributed by atoms with Crippen LogP contribution in [0.15, 0.2) is 29.2 Å². The number of esters is 1. The number of halogens is 1. The molecule has 0 heterocycles. The van der Waals surface area contributed by atoms with Crippen molar-refractivity contribution in [3.8, 4) is 0 Å². The van der Waals surface area contributed by atoms with Crippen LogP contribution in [-0.2, 0) is 9.53 Å². The summed E-state index contributed by atoms with van der Waals surface area (Å²) in [6, 6.07) is 4.88. The maximum atomic E-state index is 13.5. The van der Waals surface area contributed by atoms with Crippen LogP contribution in [0.25, 0.3) is 6.08 Å². The van der Waals surface area contributed by atoms with Gasteiger partial charge in [-0.15, -0.1) is 11.8 Å². The van der Waals surface area contributed by atoms with Crippen LogP contribution < -0.4 is 0 Å². The average molecular weight is 240 g/mol. The Kier molecular flexibility index (Phi) is 5.05. The van der Waals surface area contributed by atoms with Crippen molar-refractivity contribution in [1.82, 2.24) is 0 Å². The van der Waals surface area contributed by atoms with E-state index in [0.29, 0.717) is 12.2 Å². The Hall–Kier alpha value is -1.29. The number of carbonyl (C=O) groups excluding carboxylic acids is 1. The van der Waals surface area contributed by atoms with Gasteiger partial charge in [0, 0.05) is 16.5 Å². The lowest BCUT2D eigenvalue weighted by Gasteiger charge is -2.00. The van der Waals surface area contributed by atoms with E-state index in [0.717, 1.165) is 4.90 Å². The molecule has 86 valence electrons. The molecule has 0 unspecified atom stereocenters. The van der Waals surface area contributed by atoms with E-state index in [1.807, 2.05) is 6.26 Å². The van der Waals surface area contributed by atoms with E-state index in [1.165, 1.54) is 30.0 Å². The van der Waals surface area contributed by atoms with Gasteiger partial charge in [0.2, 0.25) is 0 Å². The smallest absolute Gasteiger partial charge is 0.330 e. The van der Waals surface area contributed by atoms with E-state index in [1.54, 1.807) is 19.1 Å². The predicted octanol–water partition coefficient (Wildman–Crippen LogP) is 3.12. The van der Waals surface area contributed by atoms with E-state index in [9.17, 15) is 9.18 Å². The Morgan fingerprint density at radius 3 is 2.88 bits per heavy atom. The second-order valence-electron chi connectivity index (χ2n) is 2.97. The van der Waals surface area contributed by atoms with E-state index >= 15 is 0 Å². The van der Waals surface area contributed by atoms with Crippen LogP contribution in [0, 0.1) is 5.82 Å². The summed E-state index contributed by atoms with van der Waals surface area (Å²) in [5.41, 5.74) is 0.380. The predicted molar refractivity (Wildman–Crippen MR) is 63.8 cm³/mol. The molecule has 0 aromatic heterocycles. The molecule has 4 heteroatoms. The van der Waals surface area contributed by atoms with Gasteiger partial charge in [-0.25, -0.2) is 9.18 Å². The Labute approximate surface area is 98.5 Å². The molecule has 0 aliphatic carbocycles. The first-order valence-corrected chi connectivity index (χ1v) is 6.08. The van der Waals surface area contributed by atoms with Crippen LogP contribution in [0.2, 0.25) is 0 Å². The Morgan fingerprint density at radius 1 is 1.56 bits per heavy atom. The van der Waals surface area contributed by atoms with Gasteiger partial charge in [-0.3, -0.25) is 0 Å². The van der Waals surface area contributed by atoms with Crippen LogP contribution in [0.4, 0.5) is 4.39 Å². The highest BCUT2D eigenvalue weighted by Gasteiger charge is 2.01. The third kappa shape index (κ3) is 3.70. The first kappa shape index (κ1) is 12.8. The Morgan fingerprint density at radius 2 is 2.31 bits per heavy atom. The van der Waals surface area contributed by atoms with Gasteiger partial charge in [0.1, 0.15) is 5.82 Å². The third-order valence-electron chi connectivity index (χ3n) is 1.89. The van der Waals surface area contributed by atoms with Gasteiger partial charge < -0.3 is 4.74 Å². The summed E-state index contributed by atoms with van der Waals surface area (Å²) >= 11 is 1.47. The summed E-state index contributed by atoms with van der Waals surface area (Å²) in [4.78, 5) is 11.9. The molecule has 0 fully saturated rings. The molecule has 0 atom stereocenters. The zero-order valence-corrected chi connectivity index (χ0v) is 10.0. The third-order valence-corrected chi connectivity index (χ3v) is 2.62. The largest absolute Gasteiger partial charge is 0.463 e. The minimum absolute atomic E-state index is 0.317. The van der Waals surface area contributed by atoms with Crippen molar-refractivity contribution in [2.75, 3.05) is 12.9 Å². The Bertz CT molecular complexity index is 402. The van der Waals surface area contributed by atoms with Gasteiger partial charge in [-0.05, 0) is 31.4 Å². The number of benzene rings is 1. The highest BCUT2D eigenvalue weighted by molar-refractivity contribution is 7.98. The summed E-state index contributed by atoms with van der Waals surface area (Å²) in [6.45, 7) is 2.04. The van der Waals surface area contributed by atoms with Crippen LogP contribution in [0.5, 0.6) is 0 Å². The molecule has 0 aliphatic rings. The van der Waals surface area contributed by atoms with Gasteiger partial charge in [-0.2, -0.15) is 0 Å². The number of rotatable bonds is 4. The monoisotopic (exact) mass is 240 g/mol. The molecule has 2 nitrogen and oxygen atoms in total. The highest BCUT2D eigenvalue weighted by atomic mass is 32.2. The highest BCUT2D eigenvalue weighted by Crippen LogP contribution is 2.19. The molecule has 1 aromatic carbocycles. The number of carbonyl (C=O) groups is 1. The maximum absolute atomic E-state index is 13.5. The molecule has 0 amide bonds. The van der Waals surface area contributed by atoms with Crippen molar-refractivity contribution in [2.24, 2.45) is 0 Å². The molecule has 0 saturated carbocycles. The van der Waals surface area contributed by atoms with Gasteiger partial charge in [0.05, 0.1) is 6.61 Å². The van der Waals surface area contributed by atoms with Crippen molar-refractivity contribution in [3.05, 3.63) is 35.7 Å². The van der Waals surface area contributed by atoms with Crippen molar-refractivity contribution in [3.63, 3.8) is 0 Å². The van der Waals surface area contributed by atoms with Gasteiger partial charge in [0.25, 0.3) is 0 Å². The molecule has 0 aliphatic heterocycles. The van der Waals surface area contributed by atoms with Crippen molar-refractivity contribution < 1.29 is 13.9 Å². The molecular formula is C12H13FO2S. The second kappa shape index (κ2) is 6.33. The number of thioether (sulfide) groups is 1. The lowest BCUT2D eigenvalue weighted by Crippen LogP contribution is -1.98. The van der Waals surface area contributed by atoms with E-state index in [2.05, 4.69) is 0 Å². The first-order valence-electron chi connectivity index (χ1n) is 4.85. The summed E-state index contributed by atoms with van der Waals surface area (Å²) in [5, 5.41) is 0. The minimum Gasteiger partial charge on any atom is -0.463 e. The molecular weight excluding hydrogens is 227 g/mol. The van der Waals surface area contributed by atoms with Crippen LogP contribution >= 0.6 is 11.8 Å². The van der Waals surface area contributed by atoms with Crippen molar-refractivity contribution in [2.45, 2.75) is 11.8 Å².